The van der Waals surface area contributed by atoms with E-state index in [-0.39, 0.29) is 24.0 Å². The van der Waals surface area contributed by atoms with Gasteiger partial charge >= 0.3 is 6.03 Å². The number of aryl methyl sites for hydroxylation is 3. The molecule has 0 aromatic heterocycles. The summed E-state index contributed by atoms with van der Waals surface area (Å²) in [5.41, 5.74) is 5.11. The molecule has 3 amide bonds. The highest BCUT2D eigenvalue weighted by Gasteiger charge is 2.33. The van der Waals surface area contributed by atoms with Crippen LogP contribution in [0.2, 0.25) is 0 Å². The number of rotatable bonds is 3. The fourth-order valence-electron chi connectivity index (χ4n) is 3.05. The number of imide groups is 1. The Morgan fingerprint density at radius 3 is 2.24 bits per heavy atom. The first-order chi connectivity index (χ1) is 11.8. The zero-order valence-corrected chi connectivity index (χ0v) is 14.4. The second kappa shape index (κ2) is 6.51. The third kappa shape index (κ3) is 3.45. The van der Waals surface area contributed by atoms with Crippen LogP contribution in [0, 0.1) is 26.6 Å². The number of urea groups is 1. The molecule has 25 heavy (non-hydrogen) atoms. The first-order valence-electron chi connectivity index (χ1n) is 8.02. The molecule has 0 bridgehead atoms. The number of nitrogens with zero attached hydrogens (tertiary/aromatic N) is 1. The minimum Gasteiger partial charge on any atom is -0.303 e. The third-order valence-electron chi connectivity index (χ3n) is 4.24. The molecule has 1 fully saturated rings. The van der Waals surface area contributed by atoms with Gasteiger partial charge in [-0.3, -0.25) is 9.69 Å². The molecule has 0 radical (unpaired) electrons. The molecular weight excluding hydrogens is 319 g/mol. The molecule has 0 unspecified atom stereocenters. The Kier molecular flexibility index (Phi) is 4.40. The van der Waals surface area contributed by atoms with Crippen molar-refractivity contribution in [1.82, 2.24) is 10.2 Å². The van der Waals surface area contributed by atoms with E-state index in [4.69, 9.17) is 0 Å². The van der Waals surface area contributed by atoms with Gasteiger partial charge in [-0.15, -0.1) is 0 Å². The first-order valence-corrected chi connectivity index (χ1v) is 8.02. The summed E-state index contributed by atoms with van der Waals surface area (Å²) in [6, 6.07) is 9.35. The van der Waals surface area contributed by atoms with Gasteiger partial charge in [0, 0.05) is 0 Å². The average molecular weight is 338 g/mol. The van der Waals surface area contributed by atoms with Crippen LogP contribution in [0.1, 0.15) is 27.8 Å². The van der Waals surface area contributed by atoms with Crippen molar-refractivity contribution in [2.45, 2.75) is 27.3 Å². The van der Waals surface area contributed by atoms with Crippen molar-refractivity contribution in [3.8, 4) is 0 Å². The second-order valence-corrected chi connectivity index (χ2v) is 6.32. The van der Waals surface area contributed by atoms with Gasteiger partial charge in [-0.1, -0.05) is 29.8 Å². The number of hydrogen-bond donors (Lipinski definition) is 1. The summed E-state index contributed by atoms with van der Waals surface area (Å²) in [4.78, 5) is 25.9. The molecule has 1 saturated heterocycles. The molecule has 2 aromatic rings. The van der Waals surface area contributed by atoms with E-state index in [0.29, 0.717) is 5.56 Å². The van der Waals surface area contributed by atoms with Gasteiger partial charge in [-0.05, 0) is 61.2 Å². The minimum absolute atomic E-state index is 0.105. The van der Waals surface area contributed by atoms with Crippen LogP contribution >= 0.6 is 0 Å². The van der Waals surface area contributed by atoms with Gasteiger partial charge in [0.25, 0.3) is 5.91 Å². The molecule has 0 atom stereocenters. The van der Waals surface area contributed by atoms with E-state index in [1.54, 1.807) is 18.2 Å². The summed E-state index contributed by atoms with van der Waals surface area (Å²) in [6.45, 7) is 6.08. The van der Waals surface area contributed by atoms with Crippen LogP contribution in [-0.2, 0) is 11.3 Å². The van der Waals surface area contributed by atoms with Crippen molar-refractivity contribution in [3.63, 3.8) is 0 Å². The largest absolute Gasteiger partial charge is 0.329 e. The number of amides is 3. The lowest BCUT2D eigenvalue weighted by molar-refractivity contribution is -0.123. The van der Waals surface area contributed by atoms with Crippen LogP contribution in [0.4, 0.5) is 9.18 Å². The van der Waals surface area contributed by atoms with Gasteiger partial charge < -0.3 is 5.32 Å². The van der Waals surface area contributed by atoms with Crippen molar-refractivity contribution >= 4 is 18.0 Å². The first kappa shape index (κ1) is 16.9. The summed E-state index contributed by atoms with van der Waals surface area (Å²) < 4.78 is 13.0. The smallest absolute Gasteiger partial charge is 0.303 e. The Bertz CT molecular complexity index is 862. The summed E-state index contributed by atoms with van der Waals surface area (Å²) in [7, 11) is 0. The lowest BCUT2D eigenvalue weighted by Crippen LogP contribution is -2.30. The van der Waals surface area contributed by atoms with E-state index in [1.165, 1.54) is 12.1 Å². The Morgan fingerprint density at radius 2 is 1.64 bits per heavy atom. The van der Waals surface area contributed by atoms with Crippen LogP contribution in [0.5, 0.6) is 0 Å². The van der Waals surface area contributed by atoms with Crippen LogP contribution < -0.4 is 5.32 Å². The van der Waals surface area contributed by atoms with Crippen molar-refractivity contribution < 1.29 is 14.0 Å². The quantitative estimate of drug-likeness (QED) is 0.683. The predicted octanol–water partition coefficient (Wildman–Crippen LogP) is 3.84. The molecule has 0 spiro atoms. The predicted molar refractivity (Wildman–Crippen MR) is 94.1 cm³/mol. The fourth-order valence-corrected chi connectivity index (χ4v) is 3.05. The number of halogens is 1. The zero-order chi connectivity index (χ0) is 18.1. The van der Waals surface area contributed by atoms with Crippen molar-refractivity contribution in [2.75, 3.05) is 0 Å². The Morgan fingerprint density at radius 1 is 1.04 bits per heavy atom. The van der Waals surface area contributed by atoms with E-state index < -0.39 is 6.03 Å². The maximum Gasteiger partial charge on any atom is 0.329 e. The number of nitrogens with one attached hydrogen (secondary N) is 1. The fraction of sp³-hybridized carbons (Fsp3) is 0.200. The van der Waals surface area contributed by atoms with Gasteiger partial charge in [-0.25, -0.2) is 9.18 Å². The summed E-state index contributed by atoms with van der Waals surface area (Å²) in [5.74, 6) is -0.736. The lowest BCUT2D eigenvalue weighted by Gasteiger charge is -2.11. The van der Waals surface area contributed by atoms with Crippen molar-refractivity contribution in [1.29, 1.82) is 0 Å². The lowest BCUT2D eigenvalue weighted by atomic mass is 9.99. The maximum atomic E-state index is 13.0. The van der Waals surface area contributed by atoms with Crippen LogP contribution in [0.3, 0.4) is 0 Å². The highest BCUT2D eigenvalue weighted by atomic mass is 19.1. The van der Waals surface area contributed by atoms with E-state index in [9.17, 15) is 14.0 Å². The standard InChI is InChI=1S/C20H19FN2O2/c1-12-8-13(2)17(14(3)9-12)10-18-19(24)23(20(25)22-18)11-15-4-6-16(21)7-5-15/h4-10H,11H2,1-3H3,(H,22,25)/b18-10+. The van der Waals surface area contributed by atoms with E-state index >= 15 is 0 Å². The number of benzene rings is 2. The number of hydrogen-bond acceptors (Lipinski definition) is 2. The third-order valence-corrected chi connectivity index (χ3v) is 4.24. The highest BCUT2D eigenvalue weighted by Crippen LogP contribution is 2.22. The second-order valence-electron chi connectivity index (χ2n) is 6.32. The summed E-state index contributed by atoms with van der Waals surface area (Å²) in [6.07, 6.45) is 1.72. The molecule has 1 aliphatic rings. The van der Waals surface area contributed by atoms with Crippen molar-refractivity contribution in [2.24, 2.45) is 0 Å². The van der Waals surface area contributed by atoms with Gasteiger partial charge in [0.15, 0.2) is 0 Å². The molecule has 128 valence electrons. The van der Waals surface area contributed by atoms with Crippen LogP contribution in [-0.4, -0.2) is 16.8 Å². The van der Waals surface area contributed by atoms with Gasteiger partial charge in [0.1, 0.15) is 11.5 Å². The van der Waals surface area contributed by atoms with Gasteiger partial charge in [-0.2, -0.15) is 0 Å². The molecule has 1 heterocycles. The molecule has 2 aromatic carbocycles. The Labute approximate surface area is 146 Å². The maximum absolute atomic E-state index is 13.0. The van der Waals surface area contributed by atoms with E-state index in [0.717, 1.165) is 27.2 Å². The van der Waals surface area contributed by atoms with E-state index in [2.05, 4.69) is 5.32 Å². The summed E-state index contributed by atoms with van der Waals surface area (Å²) >= 11 is 0. The van der Waals surface area contributed by atoms with Crippen LogP contribution in [0.25, 0.3) is 6.08 Å². The number of carbonyl (C=O) groups is 2. The SMILES string of the molecule is Cc1cc(C)c(/C=C2/NC(=O)N(Cc3ccc(F)cc3)C2=O)c(C)c1. The minimum atomic E-state index is -0.469. The van der Waals surface area contributed by atoms with Crippen molar-refractivity contribution in [3.05, 3.63) is 75.7 Å². The summed E-state index contributed by atoms with van der Waals surface area (Å²) in [5, 5.41) is 2.63. The molecule has 0 saturated carbocycles. The Balaban J connectivity index is 1.87. The topological polar surface area (TPSA) is 49.4 Å². The monoisotopic (exact) mass is 338 g/mol. The van der Waals surface area contributed by atoms with Crippen LogP contribution in [0.15, 0.2) is 42.1 Å². The molecule has 4 nitrogen and oxygen atoms in total. The Hall–Kier alpha value is -2.95. The molecule has 3 rings (SSSR count). The number of carbonyl (C=O) groups excluding carboxylic acids is 2. The molecule has 5 heteroatoms. The highest BCUT2D eigenvalue weighted by molar-refractivity contribution is 6.14. The van der Waals surface area contributed by atoms with E-state index in [1.807, 2.05) is 32.9 Å². The normalized spacial score (nSPS) is 15.8. The molecule has 1 N–H and O–H groups in total. The molecular formula is C20H19FN2O2. The molecule has 0 aliphatic carbocycles. The van der Waals surface area contributed by atoms with Gasteiger partial charge in [0.05, 0.1) is 6.54 Å². The zero-order valence-electron chi connectivity index (χ0n) is 14.4. The van der Waals surface area contributed by atoms with Gasteiger partial charge in [0.2, 0.25) is 0 Å². The molecule has 1 aliphatic heterocycles. The average Bonchev–Trinajstić information content (AvgIpc) is 2.80.